The van der Waals surface area contributed by atoms with E-state index in [1.165, 1.54) is 0 Å². The zero-order valence-electron chi connectivity index (χ0n) is 8.82. The van der Waals surface area contributed by atoms with Gasteiger partial charge in [0.2, 0.25) is 0 Å². The van der Waals surface area contributed by atoms with Crippen LogP contribution in [0.3, 0.4) is 0 Å². The summed E-state index contributed by atoms with van der Waals surface area (Å²) in [6.07, 6.45) is 2.89. The summed E-state index contributed by atoms with van der Waals surface area (Å²) in [6.45, 7) is 4.07. The highest BCUT2D eigenvalue weighted by Gasteiger charge is 2.56. The van der Waals surface area contributed by atoms with E-state index < -0.39 is 0 Å². The van der Waals surface area contributed by atoms with Crippen LogP contribution in [0, 0.1) is 11.8 Å². The number of carbonyl (C=O) groups is 1. The van der Waals surface area contributed by atoms with E-state index in [9.17, 15) is 9.90 Å². The molecule has 1 aliphatic heterocycles. The zero-order chi connectivity index (χ0) is 10.3. The third kappa shape index (κ3) is 1.34. The van der Waals surface area contributed by atoms with E-state index in [0.717, 1.165) is 12.8 Å². The fraction of sp³-hybridized carbons (Fsp3) is 0.909. The molecule has 0 spiro atoms. The fourth-order valence-electron chi connectivity index (χ4n) is 3.13. The average Bonchev–Trinajstić information content (AvgIpc) is 2.45. The van der Waals surface area contributed by atoms with Crippen molar-refractivity contribution in [3.8, 4) is 0 Å². The lowest BCUT2D eigenvalue weighted by atomic mass is 9.84. The van der Waals surface area contributed by atoms with Crippen LogP contribution in [0.15, 0.2) is 0 Å². The second kappa shape index (κ2) is 3.23. The molecule has 0 radical (unpaired) electrons. The molecule has 1 heterocycles. The molecular formula is C11H18O3. The quantitative estimate of drug-likeness (QED) is 0.684. The van der Waals surface area contributed by atoms with Gasteiger partial charge in [0.25, 0.3) is 0 Å². The summed E-state index contributed by atoms with van der Waals surface area (Å²) < 4.78 is 5.32. The lowest BCUT2D eigenvalue weighted by Crippen LogP contribution is -2.28. The molecular weight excluding hydrogens is 180 g/mol. The van der Waals surface area contributed by atoms with Crippen LogP contribution >= 0.6 is 0 Å². The Morgan fingerprint density at radius 1 is 1.64 bits per heavy atom. The zero-order valence-corrected chi connectivity index (χ0v) is 8.82. The number of hydrogen-bond donors (Lipinski definition) is 1. The molecule has 14 heavy (non-hydrogen) atoms. The van der Waals surface area contributed by atoms with Gasteiger partial charge in [-0.3, -0.25) is 4.79 Å². The molecule has 1 saturated carbocycles. The molecule has 1 aliphatic carbocycles. The first-order valence-electron chi connectivity index (χ1n) is 5.46. The number of aliphatic hydroxyl groups excluding tert-OH is 1. The standard InChI is InChI=1S/C11H18O3/c1-3-4-7-8-5-10(13)14-11(8,2)6-9(7)12/h7-9,12H,3-6H2,1-2H3/t7-,8-,9-,11+/m1/s1. The van der Waals surface area contributed by atoms with Crippen molar-refractivity contribution in [3.63, 3.8) is 0 Å². The summed E-state index contributed by atoms with van der Waals surface area (Å²) >= 11 is 0. The van der Waals surface area contributed by atoms with Gasteiger partial charge in [-0.1, -0.05) is 13.3 Å². The number of fused-ring (bicyclic) bond motifs is 1. The summed E-state index contributed by atoms with van der Waals surface area (Å²) in [4.78, 5) is 11.2. The highest BCUT2D eigenvalue weighted by atomic mass is 16.6. The van der Waals surface area contributed by atoms with Gasteiger partial charge in [-0.2, -0.15) is 0 Å². The molecule has 0 bridgehead atoms. The SMILES string of the molecule is CCC[C@H]1[C@H](O)C[C@]2(C)OC(=O)C[C@H]12. The van der Waals surface area contributed by atoms with Crippen LogP contribution in [0.25, 0.3) is 0 Å². The second-order valence-electron chi connectivity index (χ2n) is 4.82. The van der Waals surface area contributed by atoms with Crippen molar-refractivity contribution in [1.29, 1.82) is 0 Å². The third-order valence-electron chi connectivity index (χ3n) is 3.77. The Kier molecular flexibility index (Phi) is 2.30. The topological polar surface area (TPSA) is 46.5 Å². The highest BCUT2D eigenvalue weighted by Crippen LogP contribution is 2.50. The van der Waals surface area contributed by atoms with Gasteiger partial charge in [-0.25, -0.2) is 0 Å². The molecule has 0 unspecified atom stereocenters. The molecule has 3 heteroatoms. The normalized spacial score (nSPS) is 46.5. The molecule has 0 aromatic rings. The van der Waals surface area contributed by atoms with Gasteiger partial charge < -0.3 is 9.84 Å². The number of hydrogen-bond acceptors (Lipinski definition) is 3. The molecule has 0 aromatic carbocycles. The fourth-order valence-corrected chi connectivity index (χ4v) is 3.13. The first-order valence-corrected chi connectivity index (χ1v) is 5.46. The average molecular weight is 198 g/mol. The van der Waals surface area contributed by atoms with E-state index in [2.05, 4.69) is 6.92 Å². The van der Waals surface area contributed by atoms with Crippen molar-refractivity contribution < 1.29 is 14.6 Å². The molecule has 0 amide bonds. The van der Waals surface area contributed by atoms with Crippen molar-refractivity contribution in [1.82, 2.24) is 0 Å². The predicted octanol–water partition coefficient (Wildman–Crippen LogP) is 1.49. The van der Waals surface area contributed by atoms with E-state index in [0.29, 0.717) is 12.8 Å². The van der Waals surface area contributed by atoms with Crippen LogP contribution in [-0.4, -0.2) is 22.8 Å². The molecule has 3 nitrogen and oxygen atoms in total. The van der Waals surface area contributed by atoms with Crippen molar-refractivity contribution in [3.05, 3.63) is 0 Å². The smallest absolute Gasteiger partial charge is 0.306 e. The van der Waals surface area contributed by atoms with Gasteiger partial charge in [0.15, 0.2) is 0 Å². The number of rotatable bonds is 2. The molecule has 80 valence electrons. The highest BCUT2D eigenvalue weighted by molar-refractivity contribution is 5.73. The number of esters is 1. The van der Waals surface area contributed by atoms with Crippen LogP contribution < -0.4 is 0 Å². The maximum absolute atomic E-state index is 11.2. The lowest BCUT2D eigenvalue weighted by Gasteiger charge is -2.23. The van der Waals surface area contributed by atoms with Crippen LogP contribution in [0.5, 0.6) is 0 Å². The number of aliphatic hydroxyl groups is 1. The molecule has 0 aromatic heterocycles. The van der Waals surface area contributed by atoms with E-state index >= 15 is 0 Å². The van der Waals surface area contributed by atoms with Gasteiger partial charge in [0, 0.05) is 12.3 Å². The monoisotopic (exact) mass is 198 g/mol. The second-order valence-corrected chi connectivity index (χ2v) is 4.82. The van der Waals surface area contributed by atoms with Crippen molar-refractivity contribution in [2.24, 2.45) is 11.8 Å². The predicted molar refractivity (Wildman–Crippen MR) is 51.6 cm³/mol. The number of ether oxygens (including phenoxy) is 1. The maximum atomic E-state index is 11.2. The van der Waals surface area contributed by atoms with Gasteiger partial charge in [0.05, 0.1) is 12.5 Å². The third-order valence-corrected chi connectivity index (χ3v) is 3.77. The Labute approximate surface area is 84.4 Å². The lowest BCUT2D eigenvalue weighted by molar-refractivity contribution is -0.148. The minimum absolute atomic E-state index is 0.0921. The van der Waals surface area contributed by atoms with Crippen LogP contribution in [0.2, 0.25) is 0 Å². The van der Waals surface area contributed by atoms with Crippen molar-refractivity contribution >= 4 is 5.97 Å². The van der Waals surface area contributed by atoms with Gasteiger partial charge >= 0.3 is 5.97 Å². The summed E-state index contributed by atoms with van der Waals surface area (Å²) in [5, 5.41) is 9.89. The largest absolute Gasteiger partial charge is 0.459 e. The molecule has 1 saturated heterocycles. The Bertz CT molecular complexity index is 251. The Balaban J connectivity index is 2.17. The van der Waals surface area contributed by atoms with Crippen LogP contribution in [0.4, 0.5) is 0 Å². The molecule has 4 atom stereocenters. The Morgan fingerprint density at radius 2 is 2.36 bits per heavy atom. The van der Waals surface area contributed by atoms with Gasteiger partial charge in [-0.05, 0) is 19.3 Å². The first kappa shape index (κ1) is 9.97. The maximum Gasteiger partial charge on any atom is 0.306 e. The number of carbonyl (C=O) groups excluding carboxylic acids is 1. The molecule has 2 fully saturated rings. The minimum Gasteiger partial charge on any atom is -0.459 e. The van der Waals surface area contributed by atoms with E-state index in [1.54, 1.807) is 0 Å². The Hall–Kier alpha value is -0.570. The van der Waals surface area contributed by atoms with Crippen molar-refractivity contribution in [2.45, 2.75) is 51.2 Å². The summed E-state index contributed by atoms with van der Waals surface area (Å²) in [7, 11) is 0. The Morgan fingerprint density at radius 3 is 3.00 bits per heavy atom. The van der Waals surface area contributed by atoms with Crippen molar-refractivity contribution in [2.75, 3.05) is 0 Å². The van der Waals surface area contributed by atoms with E-state index in [-0.39, 0.29) is 29.5 Å². The van der Waals surface area contributed by atoms with E-state index in [4.69, 9.17) is 4.74 Å². The minimum atomic E-state index is -0.379. The van der Waals surface area contributed by atoms with Crippen LogP contribution in [0.1, 0.15) is 39.5 Å². The summed E-state index contributed by atoms with van der Waals surface area (Å²) in [5.41, 5.74) is -0.379. The molecule has 1 N–H and O–H groups in total. The van der Waals surface area contributed by atoms with E-state index in [1.807, 2.05) is 6.92 Å². The van der Waals surface area contributed by atoms with Crippen LogP contribution in [-0.2, 0) is 9.53 Å². The van der Waals surface area contributed by atoms with Gasteiger partial charge in [0.1, 0.15) is 5.60 Å². The molecule has 2 rings (SSSR count). The van der Waals surface area contributed by atoms with Gasteiger partial charge in [-0.15, -0.1) is 0 Å². The first-order chi connectivity index (χ1) is 6.57. The summed E-state index contributed by atoms with van der Waals surface area (Å²) in [5.74, 6) is 0.409. The summed E-state index contributed by atoms with van der Waals surface area (Å²) in [6, 6.07) is 0. The molecule has 2 aliphatic rings.